The Labute approximate surface area is 252 Å². The smallest absolute Gasteiger partial charge is 0.251 e. The van der Waals surface area contributed by atoms with Gasteiger partial charge in [0.15, 0.2) is 11.5 Å². The summed E-state index contributed by atoms with van der Waals surface area (Å²) in [6.45, 7) is 4.37. The monoisotopic (exact) mass is 591 g/mol. The number of nitrogens with zero attached hydrogens (tertiary/aromatic N) is 3. The maximum absolute atomic E-state index is 12.0. The molecular formula is C31H41N7O5. The first-order valence-electron chi connectivity index (χ1n) is 15.1. The molecule has 43 heavy (non-hydrogen) atoms. The third-order valence-electron chi connectivity index (χ3n) is 7.27. The number of fused-ring (bicyclic) bond motifs is 1. The van der Waals surface area contributed by atoms with Gasteiger partial charge in [0.25, 0.3) is 5.91 Å². The Morgan fingerprint density at radius 3 is 2.26 bits per heavy atom. The lowest BCUT2D eigenvalue weighted by molar-refractivity contribution is 0.0519. The molecule has 5 rings (SSSR count). The van der Waals surface area contributed by atoms with E-state index >= 15 is 0 Å². The van der Waals surface area contributed by atoms with Crippen LogP contribution in [0.15, 0.2) is 48.5 Å². The molecule has 1 saturated carbocycles. The van der Waals surface area contributed by atoms with Crippen LogP contribution in [0, 0.1) is 5.92 Å². The largest absolute Gasteiger partial charge is 0.454 e. The number of benzene rings is 2. The van der Waals surface area contributed by atoms with Crippen molar-refractivity contribution in [2.75, 3.05) is 68.8 Å². The standard InChI is InChI=1S/C31H41N7O5/c39-28(25-9-5-2-6-10-25)32-13-15-40-17-18-41-16-14-33-29-36-30(34-20-23-7-3-1-4-8-23)38-31(37-29)35-21-24-11-12-26-27(19-24)43-22-42-26/h2,5-6,9-12,19,23H,1,3-4,7-8,13-18,20-22H2,(H,32,39)(H3,33,34,35,36,37,38). The van der Waals surface area contributed by atoms with Gasteiger partial charge in [0.05, 0.1) is 26.4 Å². The van der Waals surface area contributed by atoms with Crippen molar-refractivity contribution in [2.24, 2.45) is 5.92 Å². The summed E-state index contributed by atoms with van der Waals surface area (Å²) in [6, 6.07) is 15.0. The van der Waals surface area contributed by atoms with Crippen molar-refractivity contribution in [1.82, 2.24) is 20.3 Å². The molecule has 0 bridgehead atoms. The van der Waals surface area contributed by atoms with Gasteiger partial charge in [-0.05, 0) is 48.6 Å². The molecule has 1 aromatic heterocycles. The second-order valence-corrected chi connectivity index (χ2v) is 10.5. The molecule has 12 nitrogen and oxygen atoms in total. The zero-order valence-corrected chi connectivity index (χ0v) is 24.5. The fraction of sp³-hybridized carbons (Fsp3) is 0.484. The van der Waals surface area contributed by atoms with Gasteiger partial charge in [0.1, 0.15) is 0 Å². The molecule has 1 aliphatic heterocycles. The minimum atomic E-state index is -0.108. The highest BCUT2D eigenvalue weighted by Gasteiger charge is 2.16. The highest BCUT2D eigenvalue weighted by Crippen LogP contribution is 2.32. The minimum Gasteiger partial charge on any atom is -0.454 e. The number of aromatic nitrogens is 3. The summed E-state index contributed by atoms with van der Waals surface area (Å²) >= 11 is 0. The highest BCUT2D eigenvalue weighted by molar-refractivity contribution is 5.94. The second kappa shape index (κ2) is 16.5. The molecule has 1 aliphatic carbocycles. The van der Waals surface area contributed by atoms with Crippen molar-refractivity contribution in [3.8, 4) is 11.5 Å². The molecule has 2 aliphatic rings. The molecule has 230 valence electrons. The maximum atomic E-state index is 12.0. The van der Waals surface area contributed by atoms with Gasteiger partial charge < -0.3 is 40.2 Å². The highest BCUT2D eigenvalue weighted by atomic mass is 16.7. The molecular weight excluding hydrogens is 550 g/mol. The van der Waals surface area contributed by atoms with Crippen LogP contribution in [0.3, 0.4) is 0 Å². The van der Waals surface area contributed by atoms with E-state index in [1.54, 1.807) is 12.1 Å². The van der Waals surface area contributed by atoms with Crippen LogP contribution in [0.25, 0.3) is 0 Å². The van der Waals surface area contributed by atoms with Crippen molar-refractivity contribution in [1.29, 1.82) is 0 Å². The van der Waals surface area contributed by atoms with Crippen molar-refractivity contribution < 1.29 is 23.7 Å². The molecule has 0 saturated heterocycles. The van der Waals surface area contributed by atoms with Gasteiger partial charge >= 0.3 is 0 Å². The van der Waals surface area contributed by atoms with E-state index in [4.69, 9.17) is 18.9 Å². The predicted molar refractivity (Wildman–Crippen MR) is 164 cm³/mol. The number of hydrogen-bond acceptors (Lipinski definition) is 11. The summed E-state index contributed by atoms with van der Waals surface area (Å²) in [4.78, 5) is 25.8. The number of anilines is 3. The van der Waals surface area contributed by atoms with E-state index in [1.165, 1.54) is 32.1 Å². The summed E-state index contributed by atoms with van der Waals surface area (Å²) in [6.07, 6.45) is 6.37. The molecule has 4 N–H and O–H groups in total. The summed E-state index contributed by atoms with van der Waals surface area (Å²) in [5.41, 5.74) is 1.67. The Morgan fingerprint density at radius 2 is 1.47 bits per heavy atom. The van der Waals surface area contributed by atoms with Gasteiger partial charge in [-0.1, -0.05) is 43.5 Å². The first-order chi connectivity index (χ1) is 21.2. The number of nitrogens with one attached hydrogen (secondary N) is 4. The number of rotatable bonds is 17. The van der Waals surface area contributed by atoms with Crippen molar-refractivity contribution in [3.05, 3.63) is 59.7 Å². The van der Waals surface area contributed by atoms with Crippen molar-refractivity contribution in [2.45, 2.75) is 38.6 Å². The van der Waals surface area contributed by atoms with Crippen LogP contribution in [0.2, 0.25) is 0 Å². The zero-order chi connectivity index (χ0) is 29.5. The van der Waals surface area contributed by atoms with E-state index in [0.717, 1.165) is 23.6 Å². The Balaban J connectivity index is 1.03. The van der Waals surface area contributed by atoms with Gasteiger partial charge in [-0.15, -0.1) is 0 Å². The lowest BCUT2D eigenvalue weighted by Crippen LogP contribution is -2.27. The molecule has 1 amide bonds. The topological polar surface area (TPSA) is 141 Å². The number of ether oxygens (including phenoxy) is 4. The van der Waals surface area contributed by atoms with Gasteiger partial charge in [0.2, 0.25) is 24.6 Å². The second-order valence-electron chi connectivity index (χ2n) is 10.5. The van der Waals surface area contributed by atoms with Crippen LogP contribution >= 0.6 is 0 Å². The quantitative estimate of drug-likeness (QED) is 0.169. The van der Waals surface area contributed by atoms with Crippen LogP contribution in [0.4, 0.5) is 17.8 Å². The Morgan fingerprint density at radius 1 is 0.767 bits per heavy atom. The van der Waals surface area contributed by atoms with E-state index in [9.17, 15) is 4.79 Å². The van der Waals surface area contributed by atoms with Crippen molar-refractivity contribution >= 4 is 23.8 Å². The summed E-state index contributed by atoms with van der Waals surface area (Å²) in [5, 5.41) is 12.8. The normalized spacial score (nSPS) is 14.3. The first kappa shape index (κ1) is 30.3. The van der Waals surface area contributed by atoms with E-state index in [1.807, 2.05) is 36.4 Å². The zero-order valence-electron chi connectivity index (χ0n) is 24.5. The molecule has 2 heterocycles. The Hall–Kier alpha value is -4.16. The third kappa shape index (κ3) is 9.97. The first-order valence-corrected chi connectivity index (χ1v) is 15.1. The Kier molecular flexibility index (Phi) is 11.6. The molecule has 12 heteroatoms. The molecule has 1 fully saturated rings. The molecule has 0 atom stereocenters. The fourth-order valence-electron chi connectivity index (χ4n) is 4.96. The molecule has 0 unspecified atom stereocenters. The maximum Gasteiger partial charge on any atom is 0.251 e. The van der Waals surface area contributed by atoms with Crippen LogP contribution in [0.1, 0.15) is 48.0 Å². The van der Waals surface area contributed by atoms with Gasteiger partial charge in [0, 0.05) is 31.7 Å². The number of carbonyl (C=O) groups is 1. The fourth-order valence-corrected chi connectivity index (χ4v) is 4.96. The van der Waals surface area contributed by atoms with Gasteiger partial charge in [-0.25, -0.2) is 0 Å². The van der Waals surface area contributed by atoms with Crippen LogP contribution < -0.4 is 30.7 Å². The summed E-state index contributed by atoms with van der Waals surface area (Å²) in [7, 11) is 0. The van der Waals surface area contributed by atoms with E-state index < -0.39 is 0 Å². The number of hydrogen-bond donors (Lipinski definition) is 4. The van der Waals surface area contributed by atoms with Gasteiger partial charge in [-0.2, -0.15) is 15.0 Å². The van der Waals surface area contributed by atoms with E-state index in [2.05, 4.69) is 36.2 Å². The average Bonchev–Trinajstić information content (AvgIpc) is 3.52. The van der Waals surface area contributed by atoms with E-state index in [0.29, 0.717) is 75.4 Å². The average molecular weight is 592 g/mol. The molecule has 2 aromatic carbocycles. The van der Waals surface area contributed by atoms with Crippen LogP contribution in [-0.2, 0) is 16.0 Å². The number of amides is 1. The van der Waals surface area contributed by atoms with Crippen LogP contribution in [-0.4, -0.2) is 73.7 Å². The van der Waals surface area contributed by atoms with E-state index in [-0.39, 0.29) is 12.7 Å². The molecule has 0 spiro atoms. The van der Waals surface area contributed by atoms with Crippen LogP contribution in [0.5, 0.6) is 11.5 Å². The van der Waals surface area contributed by atoms with Crippen molar-refractivity contribution in [3.63, 3.8) is 0 Å². The summed E-state index contributed by atoms with van der Waals surface area (Å²) < 4.78 is 22.1. The third-order valence-corrected chi connectivity index (χ3v) is 7.27. The lowest BCUT2D eigenvalue weighted by Gasteiger charge is -2.21. The molecule has 0 radical (unpaired) electrons. The Bertz CT molecular complexity index is 1290. The van der Waals surface area contributed by atoms with Gasteiger partial charge in [-0.3, -0.25) is 4.79 Å². The SMILES string of the molecule is O=C(NCCOCCOCCNc1nc(NCc2ccc3c(c2)OCO3)nc(NCC2CCCCC2)n1)c1ccccc1. The number of carbonyl (C=O) groups excluding carboxylic acids is 1. The summed E-state index contributed by atoms with van der Waals surface area (Å²) in [5.74, 6) is 3.53. The molecule has 3 aromatic rings. The lowest BCUT2D eigenvalue weighted by atomic mass is 9.89. The predicted octanol–water partition coefficient (Wildman–Crippen LogP) is 4.08. The minimum absolute atomic E-state index is 0.108.